The van der Waals surface area contributed by atoms with Crippen molar-refractivity contribution in [2.75, 3.05) is 26.6 Å². The number of anilines is 2. The Labute approximate surface area is 177 Å². The summed E-state index contributed by atoms with van der Waals surface area (Å²) in [6.07, 6.45) is 5.10. The first kappa shape index (κ1) is 19.8. The minimum Gasteiger partial charge on any atom is -0.493 e. The maximum absolute atomic E-state index is 13.5. The number of nitrogens with zero attached hydrogens (tertiary/aromatic N) is 3. The van der Waals surface area contributed by atoms with Crippen LogP contribution in [0, 0.1) is 5.82 Å². The van der Waals surface area contributed by atoms with E-state index in [0.29, 0.717) is 34.4 Å². The van der Waals surface area contributed by atoms with Gasteiger partial charge in [-0.05, 0) is 18.2 Å². The highest BCUT2D eigenvalue weighted by Crippen LogP contribution is 2.40. The number of rotatable bonds is 6. The van der Waals surface area contributed by atoms with Gasteiger partial charge >= 0.3 is 0 Å². The molecular weight excluding hydrogens is 411 g/mol. The lowest BCUT2D eigenvalue weighted by molar-refractivity contribution is 0.324. The molecule has 2 heterocycles. The Kier molecular flexibility index (Phi) is 5.33. The van der Waals surface area contributed by atoms with Crippen LogP contribution in [0.15, 0.2) is 48.9 Å². The zero-order valence-corrected chi connectivity index (χ0v) is 17.2. The molecule has 0 aliphatic carbocycles. The Bertz CT molecular complexity index is 1200. The third-order valence-corrected chi connectivity index (χ3v) is 4.86. The molecular formula is C21H18ClFN4O3. The number of hydrogen-bond donors (Lipinski definition) is 1. The molecule has 30 heavy (non-hydrogen) atoms. The van der Waals surface area contributed by atoms with Crippen LogP contribution in [0.5, 0.6) is 17.2 Å². The Morgan fingerprint density at radius 3 is 2.37 bits per heavy atom. The summed E-state index contributed by atoms with van der Waals surface area (Å²) in [7, 11) is 4.65. The van der Waals surface area contributed by atoms with Crippen molar-refractivity contribution in [1.82, 2.24) is 14.4 Å². The molecule has 4 rings (SSSR count). The van der Waals surface area contributed by atoms with Gasteiger partial charge in [0.1, 0.15) is 5.82 Å². The van der Waals surface area contributed by atoms with Crippen LogP contribution in [0.2, 0.25) is 5.02 Å². The summed E-state index contributed by atoms with van der Waals surface area (Å²) in [5, 5.41) is 3.29. The SMILES string of the molecule is COc1cc(Nc2nccn3c(-c4ccc(F)c(Cl)c4)cnc23)cc(OC)c1OC. The van der Waals surface area contributed by atoms with Gasteiger partial charge in [0.2, 0.25) is 5.75 Å². The first-order chi connectivity index (χ1) is 14.5. The average Bonchev–Trinajstić information content (AvgIpc) is 3.20. The van der Waals surface area contributed by atoms with Gasteiger partial charge in [-0.15, -0.1) is 0 Å². The van der Waals surface area contributed by atoms with E-state index in [1.165, 1.54) is 6.07 Å². The predicted octanol–water partition coefficient (Wildman–Crippen LogP) is 4.96. The maximum atomic E-state index is 13.5. The fourth-order valence-electron chi connectivity index (χ4n) is 3.17. The Hall–Kier alpha value is -3.52. The van der Waals surface area contributed by atoms with Crippen molar-refractivity contribution in [1.29, 1.82) is 0 Å². The minimum atomic E-state index is -0.472. The van der Waals surface area contributed by atoms with E-state index in [9.17, 15) is 4.39 Å². The van der Waals surface area contributed by atoms with E-state index in [4.69, 9.17) is 25.8 Å². The zero-order chi connectivity index (χ0) is 21.3. The number of halogens is 2. The van der Waals surface area contributed by atoms with Crippen molar-refractivity contribution in [2.45, 2.75) is 0 Å². The summed E-state index contributed by atoms with van der Waals surface area (Å²) in [5.41, 5.74) is 2.75. The summed E-state index contributed by atoms with van der Waals surface area (Å²) >= 11 is 5.94. The second kappa shape index (κ2) is 8.08. The molecule has 0 aliphatic heterocycles. The van der Waals surface area contributed by atoms with Crippen molar-refractivity contribution in [3.8, 4) is 28.5 Å². The summed E-state index contributed by atoms with van der Waals surface area (Å²) in [6, 6.07) is 8.09. The van der Waals surface area contributed by atoms with Gasteiger partial charge in [-0.3, -0.25) is 4.40 Å². The molecule has 0 bridgehead atoms. The largest absolute Gasteiger partial charge is 0.493 e. The molecule has 0 fully saturated rings. The topological polar surface area (TPSA) is 69.9 Å². The van der Waals surface area contributed by atoms with Gasteiger partial charge in [-0.2, -0.15) is 0 Å². The lowest BCUT2D eigenvalue weighted by atomic mass is 10.1. The predicted molar refractivity (Wildman–Crippen MR) is 113 cm³/mol. The van der Waals surface area contributed by atoms with E-state index in [-0.39, 0.29) is 5.02 Å². The average molecular weight is 429 g/mol. The number of imidazole rings is 1. The smallest absolute Gasteiger partial charge is 0.203 e. The number of methoxy groups -OCH3 is 3. The molecule has 0 unspecified atom stereocenters. The molecule has 2 aromatic heterocycles. The lowest BCUT2D eigenvalue weighted by Crippen LogP contribution is -2.01. The molecule has 2 aromatic carbocycles. The van der Waals surface area contributed by atoms with Crippen LogP contribution in [0.3, 0.4) is 0 Å². The number of hydrogen-bond acceptors (Lipinski definition) is 6. The fourth-order valence-corrected chi connectivity index (χ4v) is 3.35. The standard InChI is InChI=1S/C21H18ClFN4O3/c1-28-17-9-13(10-18(29-2)19(17)30-3)26-20-21-25-11-16(27(21)7-6-24-20)12-4-5-15(23)14(22)8-12/h4-11H,1-3H3,(H,24,26). The first-order valence-corrected chi connectivity index (χ1v) is 9.28. The Morgan fingerprint density at radius 1 is 1.00 bits per heavy atom. The highest BCUT2D eigenvalue weighted by Gasteiger charge is 2.16. The molecule has 0 saturated heterocycles. The van der Waals surface area contributed by atoms with Gasteiger partial charge in [-0.1, -0.05) is 11.6 Å². The maximum Gasteiger partial charge on any atom is 0.203 e. The van der Waals surface area contributed by atoms with Crippen molar-refractivity contribution in [3.05, 3.63) is 59.8 Å². The molecule has 0 aliphatic rings. The minimum absolute atomic E-state index is 0.0484. The molecule has 0 atom stereocenters. The van der Waals surface area contributed by atoms with Crippen LogP contribution >= 0.6 is 11.6 Å². The number of fused-ring (bicyclic) bond motifs is 1. The normalized spacial score (nSPS) is 10.8. The molecule has 7 nitrogen and oxygen atoms in total. The lowest BCUT2D eigenvalue weighted by Gasteiger charge is -2.15. The third-order valence-electron chi connectivity index (χ3n) is 4.57. The van der Waals surface area contributed by atoms with Gasteiger partial charge < -0.3 is 19.5 Å². The van der Waals surface area contributed by atoms with Crippen molar-refractivity contribution < 1.29 is 18.6 Å². The van der Waals surface area contributed by atoms with E-state index in [0.717, 1.165) is 11.3 Å². The Balaban J connectivity index is 1.76. The molecule has 1 N–H and O–H groups in total. The van der Waals surface area contributed by atoms with Crippen molar-refractivity contribution in [2.24, 2.45) is 0 Å². The number of aromatic nitrogens is 3. The summed E-state index contributed by atoms with van der Waals surface area (Å²) in [4.78, 5) is 8.88. The van der Waals surface area contributed by atoms with Gasteiger partial charge in [-0.25, -0.2) is 14.4 Å². The van der Waals surface area contributed by atoms with E-state index >= 15 is 0 Å². The van der Waals surface area contributed by atoms with Crippen LogP contribution in [0.1, 0.15) is 0 Å². The molecule has 9 heteroatoms. The van der Waals surface area contributed by atoms with Gasteiger partial charge in [0.15, 0.2) is 23.0 Å². The quantitative estimate of drug-likeness (QED) is 0.468. The molecule has 0 radical (unpaired) electrons. The fraction of sp³-hybridized carbons (Fsp3) is 0.143. The summed E-state index contributed by atoms with van der Waals surface area (Å²) in [5.74, 6) is 1.56. The van der Waals surface area contributed by atoms with Crippen LogP contribution in [-0.2, 0) is 0 Å². The van der Waals surface area contributed by atoms with E-state index in [1.54, 1.807) is 64.2 Å². The van der Waals surface area contributed by atoms with Crippen LogP contribution in [-0.4, -0.2) is 35.7 Å². The third kappa shape index (κ3) is 3.46. The van der Waals surface area contributed by atoms with E-state index in [1.807, 2.05) is 4.40 Å². The summed E-state index contributed by atoms with van der Waals surface area (Å²) in [6.45, 7) is 0. The number of nitrogens with one attached hydrogen (secondary N) is 1. The van der Waals surface area contributed by atoms with E-state index in [2.05, 4.69) is 15.3 Å². The highest BCUT2D eigenvalue weighted by atomic mass is 35.5. The first-order valence-electron chi connectivity index (χ1n) is 8.90. The molecule has 154 valence electrons. The van der Waals surface area contributed by atoms with Crippen LogP contribution in [0.4, 0.5) is 15.9 Å². The van der Waals surface area contributed by atoms with E-state index < -0.39 is 5.82 Å². The molecule has 0 saturated carbocycles. The number of benzene rings is 2. The van der Waals surface area contributed by atoms with Gasteiger partial charge in [0, 0.05) is 35.8 Å². The monoisotopic (exact) mass is 428 g/mol. The van der Waals surface area contributed by atoms with Gasteiger partial charge in [0.05, 0.1) is 38.2 Å². The Morgan fingerprint density at radius 2 is 1.73 bits per heavy atom. The number of ether oxygens (including phenoxy) is 3. The second-order valence-corrected chi connectivity index (χ2v) is 6.69. The van der Waals surface area contributed by atoms with Crippen molar-refractivity contribution >= 4 is 28.8 Å². The molecule has 4 aromatic rings. The van der Waals surface area contributed by atoms with Crippen LogP contribution < -0.4 is 19.5 Å². The molecule has 0 spiro atoms. The highest BCUT2D eigenvalue weighted by molar-refractivity contribution is 6.31. The second-order valence-electron chi connectivity index (χ2n) is 6.28. The van der Waals surface area contributed by atoms with Gasteiger partial charge in [0.25, 0.3) is 0 Å². The zero-order valence-electron chi connectivity index (χ0n) is 16.4. The summed E-state index contributed by atoms with van der Waals surface area (Å²) < 4.78 is 31.5. The van der Waals surface area contributed by atoms with Crippen LogP contribution in [0.25, 0.3) is 16.9 Å². The van der Waals surface area contributed by atoms with Crippen molar-refractivity contribution in [3.63, 3.8) is 0 Å². The molecule has 0 amide bonds.